The summed E-state index contributed by atoms with van der Waals surface area (Å²) < 4.78 is 31.6. The van der Waals surface area contributed by atoms with Crippen molar-refractivity contribution < 1.29 is 18.6 Å². The number of aliphatic hydroxyl groups excluding tert-OH is 1. The van der Waals surface area contributed by atoms with Gasteiger partial charge in [0.25, 0.3) is 0 Å². The lowest BCUT2D eigenvalue weighted by atomic mass is 9.77. The van der Waals surface area contributed by atoms with Crippen LogP contribution in [0.1, 0.15) is 18.9 Å². The van der Waals surface area contributed by atoms with Crippen LogP contribution in [-0.4, -0.2) is 24.4 Å². The molecule has 2 rings (SSSR count). The maximum absolute atomic E-state index is 13.1. The Morgan fingerprint density at radius 1 is 1.35 bits per heavy atom. The van der Waals surface area contributed by atoms with Crippen LogP contribution in [0.4, 0.5) is 8.78 Å². The van der Waals surface area contributed by atoms with E-state index in [1.165, 1.54) is 12.1 Å². The summed E-state index contributed by atoms with van der Waals surface area (Å²) in [6, 6.07) is 3.47. The van der Waals surface area contributed by atoms with E-state index in [4.69, 9.17) is 4.74 Å². The second-order valence-electron chi connectivity index (χ2n) is 4.74. The van der Waals surface area contributed by atoms with E-state index >= 15 is 0 Å². The third-order valence-corrected chi connectivity index (χ3v) is 3.62. The van der Waals surface area contributed by atoms with Gasteiger partial charge in [-0.15, -0.1) is 0 Å². The van der Waals surface area contributed by atoms with Gasteiger partial charge in [0.05, 0.1) is 12.7 Å². The highest BCUT2D eigenvalue weighted by Gasteiger charge is 2.41. The largest absolute Gasteiger partial charge is 0.396 e. The number of halogens is 2. The highest BCUT2D eigenvalue weighted by Crippen LogP contribution is 2.37. The zero-order valence-corrected chi connectivity index (χ0v) is 9.75. The first-order valence-corrected chi connectivity index (χ1v) is 5.73. The molecule has 1 saturated heterocycles. The van der Waals surface area contributed by atoms with Gasteiger partial charge in [-0.1, -0.05) is 0 Å². The number of ether oxygens (including phenoxy) is 1. The molecule has 2 nitrogen and oxygen atoms in total. The van der Waals surface area contributed by atoms with Crippen molar-refractivity contribution in [2.45, 2.75) is 25.9 Å². The Kier molecular flexibility index (Phi) is 3.45. The summed E-state index contributed by atoms with van der Waals surface area (Å²) in [7, 11) is 0. The molecule has 17 heavy (non-hydrogen) atoms. The second kappa shape index (κ2) is 4.70. The van der Waals surface area contributed by atoms with E-state index in [1.54, 1.807) is 0 Å². The van der Waals surface area contributed by atoms with E-state index in [2.05, 4.69) is 0 Å². The van der Waals surface area contributed by atoms with Gasteiger partial charge < -0.3 is 9.84 Å². The third-order valence-electron chi connectivity index (χ3n) is 3.62. The first-order chi connectivity index (χ1) is 8.05. The lowest BCUT2D eigenvalue weighted by Crippen LogP contribution is -2.35. The summed E-state index contributed by atoms with van der Waals surface area (Å²) in [5.41, 5.74) is 0.147. The van der Waals surface area contributed by atoms with Crippen LogP contribution in [0.3, 0.4) is 0 Å². The van der Waals surface area contributed by atoms with Gasteiger partial charge in [-0.3, -0.25) is 0 Å². The molecule has 0 bridgehead atoms. The van der Waals surface area contributed by atoms with Crippen LogP contribution in [0.15, 0.2) is 18.2 Å². The predicted octanol–water partition coefficient (Wildman–Crippen LogP) is 2.29. The van der Waals surface area contributed by atoms with Gasteiger partial charge in [0.15, 0.2) is 0 Å². The smallest absolute Gasteiger partial charge is 0.126 e. The fraction of sp³-hybridized carbons (Fsp3) is 0.538. The van der Waals surface area contributed by atoms with Gasteiger partial charge in [0.1, 0.15) is 11.6 Å². The second-order valence-corrected chi connectivity index (χ2v) is 4.74. The minimum absolute atomic E-state index is 0.0354. The molecular weight excluding hydrogens is 226 g/mol. The summed E-state index contributed by atoms with van der Waals surface area (Å²) >= 11 is 0. The van der Waals surface area contributed by atoms with Crippen molar-refractivity contribution in [3.63, 3.8) is 0 Å². The van der Waals surface area contributed by atoms with Crippen LogP contribution in [0.5, 0.6) is 0 Å². The van der Waals surface area contributed by atoms with E-state index in [1.807, 2.05) is 6.92 Å². The highest BCUT2D eigenvalue weighted by molar-refractivity contribution is 5.20. The van der Waals surface area contributed by atoms with Crippen molar-refractivity contribution >= 4 is 0 Å². The molecule has 2 unspecified atom stereocenters. The molecule has 1 aliphatic heterocycles. The maximum Gasteiger partial charge on any atom is 0.126 e. The van der Waals surface area contributed by atoms with Gasteiger partial charge in [0, 0.05) is 18.1 Å². The summed E-state index contributed by atoms with van der Waals surface area (Å²) in [6.45, 7) is 2.44. The lowest BCUT2D eigenvalue weighted by Gasteiger charge is -2.30. The van der Waals surface area contributed by atoms with Crippen LogP contribution in [-0.2, 0) is 11.2 Å². The zero-order chi connectivity index (χ0) is 12.5. The quantitative estimate of drug-likeness (QED) is 0.881. The molecule has 1 heterocycles. The minimum Gasteiger partial charge on any atom is -0.396 e. The Morgan fingerprint density at radius 3 is 2.47 bits per heavy atom. The highest BCUT2D eigenvalue weighted by atomic mass is 19.1. The predicted molar refractivity (Wildman–Crippen MR) is 59.6 cm³/mol. The van der Waals surface area contributed by atoms with Crippen molar-refractivity contribution in [1.82, 2.24) is 0 Å². The average molecular weight is 242 g/mol. The molecule has 0 aliphatic carbocycles. The molecule has 0 spiro atoms. The molecule has 0 saturated carbocycles. The molecule has 0 amide bonds. The van der Waals surface area contributed by atoms with Crippen molar-refractivity contribution in [2.75, 3.05) is 13.2 Å². The molecule has 1 aromatic rings. The first-order valence-electron chi connectivity index (χ1n) is 5.73. The van der Waals surface area contributed by atoms with E-state index < -0.39 is 17.0 Å². The number of benzene rings is 1. The van der Waals surface area contributed by atoms with Crippen LogP contribution in [0.25, 0.3) is 0 Å². The number of hydrogen-bond acceptors (Lipinski definition) is 2. The van der Waals surface area contributed by atoms with Crippen LogP contribution < -0.4 is 0 Å². The summed E-state index contributed by atoms with van der Waals surface area (Å²) in [4.78, 5) is 0. The molecule has 94 valence electrons. The van der Waals surface area contributed by atoms with Crippen molar-refractivity contribution in [2.24, 2.45) is 5.41 Å². The maximum atomic E-state index is 13.1. The zero-order valence-electron chi connectivity index (χ0n) is 9.75. The van der Waals surface area contributed by atoms with Crippen molar-refractivity contribution in [1.29, 1.82) is 0 Å². The Hall–Kier alpha value is -1.00. The molecule has 2 atom stereocenters. The standard InChI is InChI=1S/C13H16F2O2/c1-9-13(8-16,2-3-17-9)7-10-4-11(14)6-12(15)5-10/h4-6,9,16H,2-3,7-8H2,1H3. The Morgan fingerprint density at radius 2 is 2.00 bits per heavy atom. The fourth-order valence-corrected chi connectivity index (χ4v) is 2.43. The normalized spacial score (nSPS) is 28.6. The topological polar surface area (TPSA) is 29.5 Å². The molecule has 1 aromatic carbocycles. The monoisotopic (exact) mass is 242 g/mol. The van der Waals surface area contributed by atoms with E-state index in [9.17, 15) is 13.9 Å². The molecule has 1 N–H and O–H groups in total. The average Bonchev–Trinajstić information content (AvgIpc) is 2.59. The number of rotatable bonds is 3. The first kappa shape index (κ1) is 12.5. The van der Waals surface area contributed by atoms with Crippen LogP contribution in [0.2, 0.25) is 0 Å². The fourth-order valence-electron chi connectivity index (χ4n) is 2.43. The minimum atomic E-state index is -0.584. The Labute approximate surface area is 99.2 Å². The Balaban J connectivity index is 2.24. The number of hydrogen-bond donors (Lipinski definition) is 1. The molecule has 0 aromatic heterocycles. The van der Waals surface area contributed by atoms with Crippen molar-refractivity contribution in [3.8, 4) is 0 Å². The molecule has 1 aliphatic rings. The summed E-state index contributed by atoms with van der Waals surface area (Å²) in [6.07, 6.45) is 1.04. The summed E-state index contributed by atoms with van der Waals surface area (Å²) in [5.74, 6) is -1.17. The Bertz CT molecular complexity index is 388. The molecular formula is C13H16F2O2. The van der Waals surface area contributed by atoms with Crippen LogP contribution in [0, 0.1) is 17.0 Å². The third kappa shape index (κ3) is 2.48. The van der Waals surface area contributed by atoms with Crippen molar-refractivity contribution in [3.05, 3.63) is 35.4 Å². The number of aliphatic hydroxyl groups is 1. The van der Waals surface area contributed by atoms with Gasteiger partial charge in [-0.05, 0) is 37.5 Å². The molecule has 0 radical (unpaired) electrons. The molecule has 4 heteroatoms. The summed E-state index contributed by atoms with van der Waals surface area (Å²) in [5, 5.41) is 9.52. The SMILES string of the molecule is CC1OCCC1(CO)Cc1cc(F)cc(F)c1. The van der Waals surface area contributed by atoms with Crippen LogP contribution >= 0.6 is 0 Å². The lowest BCUT2D eigenvalue weighted by molar-refractivity contribution is 0.0271. The van der Waals surface area contributed by atoms with Gasteiger partial charge in [-0.2, -0.15) is 0 Å². The van der Waals surface area contributed by atoms with E-state index in [0.717, 1.165) is 6.07 Å². The van der Waals surface area contributed by atoms with Gasteiger partial charge in [0.2, 0.25) is 0 Å². The van der Waals surface area contributed by atoms with E-state index in [-0.39, 0.29) is 12.7 Å². The van der Waals surface area contributed by atoms with Gasteiger partial charge >= 0.3 is 0 Å². The van der Waals surface area contributed by atoms with E-state index in [0.29, 0.717) is 25.0 Å². The molecule has 1 fully saturated rings. The van der Waals surface area contributed by atoms with Gasteiger partial charge in [-0.25, -0.2) is 8.78 Å².